The molecular weight excluding hydrogens is 388 g/mol. The van der Waals surface area contributed by atoms with E-state index in [4.69, 9.17) is 9.47 Å². The third-order valence-corrected chi connectivity index (χ3v) is 5.19. The van der Waals surface area contributed by atoms with E-state index in [1.54, 1.807) is 54.5 Å². The molecule has 2 aromatic rings. The second kappa shape index (κ2) is 7.98. The highest BCUT2D eigenvalue weighted by molar-refractivity contribution is 6.19. The second-order valence-corrected chi connectivity index (χ2v) is 7.14. The lowest BCUT2D eigenvalue weighted by atomic mass is 10.1. The predicted molar refractivity (Wildman–Crippen MR) is 107 cm³/mol. The lowest BCUT2D eigenvalue weighted by Gasteiger charge is -2.17. The Morgan fingerprint density at radius 1 is 0.900 bits per heavy atom. The molecule has 4 rings (SSSR count). The molecule has 0 radical (unpaired) electrons. The Morgan fingerprint density at radius 2 is 1.60 bits per heavy atom. The van der Waals surface area contributed by atoms with E-state index in [0.29, 0.717) is 17.1 Å². The molecule has 0 spiro atoms. The highest BCUT2D eigenvalue weighted by atomic mass is 16.5. The van der Waals surface area contributed by atoms with Crippen molar-refractivity contribution >= 4 is 35.1 Å². The van der Waals surface area contributed by atoms with E-state index in [1.165, 1.54) is 6.07 Å². The van der Waals surface area contributed by atoms with E-state index in [1.807, 2.05) is 0 Å². The number of imide groups is 1. The molecule has 8 heteroatoms. The number of hydrogen-bond acceptors (Lipinski definition) is 6. The van der Waals surface area contributed by atoms with Crippen LogP contribution in [0.3, 0.4) is 0 Å². The van der Waals surface area contributed by atoms with Gasteiger partial charge in [-0.25, -0.2) is 0 Å². The molecule has 3 amide bonds. The number of ether oxygens (including phenoxy) is 2. The standard InChI is InChI=1S/C22H20N2O6/c1-29-17-7-5-15(6-8-17)23-13-14(11-21(23)27)22(28)30-18-4-2-3-16(12-18)24-19(25)9-10-20(24)26/h2-8,12,14H,9-11,13H2,1H3/t14-/m0/s1. The largest absolute Gasteiger partial charge is 0.497 e. The second-order valence-electron chi connectivity index (χ2n) is 7.14. The first-order valence-electron chi connectivity index (χ1n) is 9.58. The lowest BCUT2D eigenvalue weighted by Crippen LogP contribution is -2.29. The normalized spacial score (nSPS) is 18.8. The first-order chi connectivity index (χ1) is 14.5. The van der Waals surface area contributed by atoms with Crippen LogP contribution in [0, 0.1) is 5.92 Å². The zero-order valence-electron chi connectivity index (χ0n) is 16.4. The van der Waals surface area contributed by atoms with Crippen LogP contribution < -0.4 is 19.3 Å². The Morgan fingerprint density at radius 3 is 2.27 bits per heavy atom. The molecule has 2 aromatic carbocycles. The van der Waals surface area contributed by atoms with Crippen LogP contribution in [0.15, 0.2) is 48.5 Å². The number of methoxy groups -OCH3 is 1. The average Bonchev–Trinajstić information content (AvgIpc) is 3.30. The fourth-order valence-electron chi connectivity index (χ4n) is 3.63. The van der Waals surface area contributed by atoms with Gasteiger partial charge in [-0.2, -0.15) is 0 Å². The van der Waals surface area contributed by atoms with Gasteiger partial charge in [-0.3, -0.25) is 24.1 Å². The quantitative estimate of drug-likeness (QED) is 0.428. The number of amides is 3. The van der Waals surface area contributed by atoms with Gasteiger partial charge < -0.3 is 14.4 Å². The highest BCUT2D eigenvalue weighted by Crippen LogP contribution is 2.30. The fourth-order valence-corrected chi connectivity index (χ4v) is 3.63. The van der Waals surface area contributed by atoms with Crippen molar-refractivity contribution in [3.8, 4) is 11.5 Å². The maximum Gasteiger partial charge on any atom is 0.316 e. The van der Waals surface area contributed by atoms with Gasteiger partial charge in [0.2, 0.25) is 17.7 Å². The smallest absolute Gasteiger partial charge is 0.316 e. The van der Waals surface area contributed by atoms with Gasteiger partial charge in [0.1, 0.15) is 11.5 Å². The van der Waals surface area contributed by atoms with E-state index in [9.17, 15) is 19.2 Å². The number of benzene rings is 2. The predicted octanol–water partition coefficient (Wildman–Crippen LogP) is 2.31. The summed E-state index contributed by atoms with van der Waals surface area (Å²) < 4.78 is 10.6. The van der Waals surface area contributed by atoms with Crippen LogP contribution >= 0.6 is 0 Å². The molecular formula is C22H20N2O6. The third kappa shape index (κ3) is 3.76. The lowest BCUT2D eigenvalue weighted by molar-refractivity contribution is -0.139. The van der Waals surface area contributed by atoms with Crippen LogP contribution in [0.4, 0.5) is 11.4 Å². The van der Waals surface area contributed by atoms with E-state index >= 15 is 0 Å². The zero-order chi connectivity index (χ0) is 21.3. The molecule has 0 N–H and O–H groups in total. The van der Waals surface area contributed by atoms with Crippen LogP contribution in [-0.4, -0.2) is 37.3 Å². The van der Waals surface area contributed by atoms with Crippen molar-refractivity contribution in [3.63, 3.8) is 0 Å². The molecule has 2 aliphatic rings. The Labute approximate surface area is 173 Å². The van der Waals surface area contributed by atoms with Crippen LogP contribution in [0.2, 0.25) is 0 Å². The van der Waals surface area contributed by atoms with Crippen molar-refractivity contribution in [1.82, 2.24) is 0 Å². The van der Waals surface area contributed by atoms with Gasteiger partial charge in [0.15, 0.2) is 0 Å². The van der Waals surface area contributed by atoms with Crippen molar-refractivity contribution in [2.24, 2.45) is 5.92 Å². The number of nitrogens with zero attached hydrogens (tertiary/aromatic N) is 2. The summed E-state index contributed by atoms with van der Waals surface area (Å²) in [6, 6.07) is 13.3. The molecule has 1 atom stereocenters. The van der Waals surface area contributed by atoms with E-state index in [-0.39, 0.29) is 49.3 Å². The summed E-state index contributed by atoms with van der Waals surface area (Å²) in [5, 5.41) is 0. The van der Waals surface area contributed by atoms with Gasteiger partial charge in [0.05, 0.1) is 18.7 Å². The van der Waals surface area contributed by atoms with Crippen molar-refractivity contribution in [2.45, 2.75) is 19.3 Å². The molecule has 0 saturated carbocycles. The van der Waals surface area contributed by atoms with Crippen LogP contribution in [-0.2, 0) is 19.2 Å². The van der Waals surface area contributed by atoms with Crippen molar-refractivity contribution in [3.05, 3.63) is 48.5 Å². The van der Waals surface area contributed by atoms with Gasteiger partial charge in [-0.15, -0.1) is 0 Å². The third-order valence-electron chi connectivity index (χ3n) is 5.19. The Kier molecular flexibility index (Phi) is 5.22. The van der Waals surface area contributed by atoms with E-state index < -0.39 is 11.9 Å². The monoisotopic (exact) mass is 408 g/mol. The first kappa shape index (κ1) is 19.6. The van der Waals surface area contributed by atoms with Crippen LogP contribution in [0.5, 0.6) is 11.5 Å². The van der Waals surface area contributed by atoms with E-state index in [0.717, 1.165) is 4.90 Å². The first-order valence-corrected chi connectivity index (χ1v) is 9.58. The summed E-state index contributed by atoms with van der Waals surface area (Å²) in [4.78, 5) is 51.5. The Hall–Kier alpha value is -3.68. The van der Waals surface area contributed by atoms with Gasteiger partial charge >= 0.3 is 5.97 Å². The van der Waals surface area contributed by atoms with Crippen molar-refractivity contribution in [1.29, 1.82) is 0 Å². The number of esters is 1. The fraction of sp³-hybridized carbons (Fsp3) is 0.273. The zero-order valence-corrected chi connectivity index (χ0v) is 16.4. The van der Waals surface area contributed by atoms with Crippen LogP contribution in [0.1, 0.15) is 19.3 Å². The maximum absolute atomic E-state index is 12.6. The topological polar surface area (TPSA) is 93.2 Å². The maximum atomic E-state index is 12.6. The number of hydrogen-bond donors (Lipinski definition) is 0. The van der Waals surface area contributed by atoms with Gasteiger partial charge in [0.25, 0.3) is 0 Å². The Balaban J connectivity index is 1.44. The number of carbonyl (C=O) groups excluding carboxylic acids is 4. The van der Waals surface area contributed by atoms with Crippen molar-refractivity contribution < 1.29 is 28.7 Å². The minimum Gasteiger partial charge on any atom is -0.497 e. The number of rotatable bonds is 5. The summed E-state index contributed by atoms with van der Waals surface area (Å²) in [7, 11) is 1.56. The van der Waals surface area contributed by atoms with Gasteiger partial charge in [-0.1, -0.05) is 6.07 Å². The van der Waals surface area contributed by atoms with Gasteiger partial charge in [-0.05, 0) is 36.4 Å². The summed E-state index contributed by atoms with van der Waals surface area (Å²) in [5.74, 6) is -0.963. The minimum absolute atomic E-state index is 0.0493. The number of carbonyl (C=O) groups is 4. The molecule has 2 aliphatic heterocycles. The summed E-state index contributed by atoms with van der Waals surface area (Å²) in [6.07, 6.45) is 0.399. The number of anilines is 2. The molecule has 8 nitrogen and oxygen atoms in total. The minimum atomic E-state index is -0.613. The molecule has 2 saturated heterocycles. The average molecular weight is 408 g/mol. The van der Waals surface area contributed by atoms with Crippen molar-refractivity contribution in [2.75, 3.05) is 23.5 Å². The molecule has 2 heterocycles. The Bertz CT molecular complexity index is 1000. The molecule has 0 bridgehead atoms. The molecule has 0 unspecified atom stereocenters. The molecule has 30 heavy (non-hydrogen) atoms. The molecule has 2 fully saturated rings. The summed E-state index contributed by atoms with van der Waals surface area (Å²) in [5.41, 5.74) is 1.05. The van der Waals surface area contributed by atoms with Crippen LogP contribution in [0.25, 0.3) is 0 Å². The highest BCUT2D eigenvalue weighted by Gasteiger charge is 2.36. The summed E-state index contributed by atoms with van der Waals surface area (Å²) >= 11 is 0. The molecule has 154 valence electrons. The SMILES string of the molecule is COc1ccc(N2C[C@@H](C(=O)Oc3cccc(N4C(=O)CCC4=O)c3)CC2=O)cc1. The summed E-state index contributed by atoms with van der Waals surface area (Å²) in [6.45, 7) is 0.215. The van der Waals surface area contributed by atoms with Gasteiger partial charge in [0, 0.05) is 37.6 Å². The van der Waals surface area contributed by atoms with E-state index in [2.05, 4.69) is 0 Å². The molecule has 0 aliphatic carbocycles. The molecule has 0 aromatic heterocycles.